The van der Waals surface area contributed by atoms with Crippen LogP contribution in [-0.4, -0.2) is 53.6 Å². The Morgan fingerprint density at radius 3 is 2.81 bits per heavy atom. The Labute approximate surface area is 127 Å². The lowest BCUT2D eigenvalue weighted by molar-refractivity contribution is 0.0000952. The quantitative estimate of drug-likeness (QED) is 0.868. The van der Waals surface area contributed by atoms with Crippen molar-refractivity contribution in [2.24, 2.45) is 5.92 Å². The molecule has 1 heterocycles. The molecule has 0 bridgehead atoms. The van der Waals surface area contributed by atoms with Crippen LogP contribution in [0.5, 0.6) is 5.75 Å². The van der Waals surface area contributed by atoms with Crippen molar-refractivity contribution in [2.45, 2.75) is 39.4 Å². The second kappa shape index (κ2) is 7.25. The molecule has 4 heteroatoms. The number of aliphatic hydroxyl groups is 2. The summed E-state index contributed by atoms with van der Waals surface area (Å²) in [6.45, 7) is 8.54. The van der Waals surface area contributed by atoms with Crippen LogP contribution in [0.25, 0.3) is 0 Å². The van der Waals surface area contributed by atoms with Gasteiger partial charge in [0, 0.05) is 13.1 Å². The lowest BCUT2D eigenvalue weighted by Gasteiger charge is -2.35. The Morgan fingerprint density at radius 1 is 1.38 bits per heavy atom. The van der Waals surface area contributed by atoms with Gasteiger partial charge in [0.25, 0.3) is 0 Å². The fraction of sp³-hybridized carbons (Fsp3) is 0.647. The molecule has 0 saturated carbocycles. The van der Waals surface area contributed by atoms with Gasteiger partial charge >= 0.3 is 0 Å². The number of benzene rings is 1. The number of ether oxygens (including phenoxy) is 1. The topological polar surface area (TPSA) is 52.9 Å². The number of hydrogen-bond acceptors (Lipinski definition) is 4. The highest BCUT2D eigenvalue weighted by Crippen LogP contribution is 2.20. The fourth-order valence-electron chi connectivity index (χ4n) is 2.78. The minimum Gasteiger partial charge on any atom is -0.491 e. The van der Waals surface area contributed by atoms with Gasteiger partial charge in [-0.2, -0.15) is 0 Å². The fourth-order valence-corrected chi connectivity index (χ4v) is 2.78. The van der Waals surface area contributed by atoms with Crippen LogP contribution in [0, 0.1) is 19.8 Å². The third-order valence-corrected chi connectivity index (χ3v) is 4.23. The van der Waals surface area contributed by atoms with Crippen LogP contribution in [0.4, 0.5) is 0 Å². The molecule has 1 aliphatic rings. The zero-order valence-electron chi connectivity index (χ0n) is 13.2. The lowest BCUT2D eigenvalue weighted by atomic mass is 9.96. The van der Waals surface area contributed by atoms with E-state index < -0.39 is 6.10 Å². The Bertz CT molecular complexity index is 463. The van der Waals surface area contributed by atoms with Gasteiger partial charge in [-0.3, -0.25) is 4.90 Å². The molecule has 4 nitrogen and oxygen atoms in total. The van der Waals surface area contributed by atoms with Gasteiger partial charge in [-0.05, 0) is 44.4 Å². The van der Waals surface area contributed by atoms with Crippen LogP contribution in [0.2, 0.25) is 0 Å². The summed E-state index contributed by atoms with van der Waals surface area (Å²) in [5.74, 6) is 1.18. The summed E-state index contributed by atoms with van der Waals surface area (Å²) < 4.78 is 5.70. The standard InChI is InChI=1S/C17H27NO3/c1-12-4-5-17(14(3)8-12)21-11-15(19)9-18-7-6-13(2)16(20)10-18/h4-5,8,13,15-16,19-20H,6-7,9-11H2,1-3H3. The molecule has 3 atom stereocenters. The first-order valence-corrected chi connectivity index (χ1v) is 7.74. The maximum atomic E-state index is 10.1. The first-order valence-electron chi connectivity index (χ1n) is 7.74. The molecular formula is C17H27NO3. The largest absolute Gasteiger partial charge is 0.491 e. The number of rotatable bonds is 5. The molecule has 0 aromatic heterocycles. The van der Waals surface area contributed by atoms with Crippen LogP contribution in [0.3, 0.4) is 0 Å². The van der Waals surface area contributed by atoms with Gasteiger partial charge in [0.15, 0.2) is 0 Å². The highest BCUT2D eigenvalue weighted by molar-refractivity contribution is 5.35. The summed E-state index contributed by atoms with van der Waals surface area (Å²) in [6, 6.07) is 6.03. The SMILES string of the molecule is Cc1ccc(OCC(O)CN2CCC(C)C(O)C2)c(C)c1. The van der Waals surface area contributed by atoms with Crippen molar-refractivity contribution in [1.29, 1.82) is 0 Å². The van der Waals surface area contributed by atoms with E-state index in [1.807, 2.05) is 26.0 Å². The van der Waals surface area contributed by atoms with Crippen LogP contribution in [0.1, 0.15) is 24.5 Å². The van der Waals surface area contributed by atoms with Crippen molar-refractivity contribution >= 4 is 0 Å². The Morgan fingerprint density at radius 2 is 2.14 bits per heavy atom. The van der Waals surface area contributed by atoms with E-state index in [0.717, 1.165) is 24.3 Å². The minimum absolute atomic E-state index is 0.284. The van der Waals surface area contributed by atoms with E-state index >= 15 is 0 Å². The maximum Gasteiger partial charge on any atom is 0.122 e. The lowest BCUT2D eigenvalue weighted by Crippen LogP contribution is -2.46. The number of likely N-dealkylation sites (tertiary alicyclic amines) is 1. The monoisotopic (exact) mass is 293 g/mol. The zero-order chi connectivity index (χ0) is 15.4. The van der Waals surface area contributed by atoms with E-state index in [2.05, 4.69) is 17.9 Å². The van der Waals surface area contributed by atoms with Gasteiger partial charge in [0.2, 0.25) is 0 Å². The molecule has 0 spiro atoms. The highest BCUT2D eigenvalue weighted by Gasteiger charge is 2.25. The van der Waals surface area contributed by atoms with Gasteiger partial charge in [0.1, 0.15) is 18.5 Å². The van der Waals surface area contributed by atoms with Gasteiger partial charge < -0.3 is 14.9 Å². The summed E-state index contributed by atoms with van der Waals surface area (Å²) in [6.07, 6.45) is 0.156. The van der Waals surface area contributed by atoms with Crippen molar-refractivity contribution in [3.8, 4) is 5.75 Å². The molecule has 1 aromatic rings. The number of aryl methyl sites for hydroxylation is 2. The number of piperidine rings is 1. The van der Waals surface area contributed by atoms with Crippen molar-refractivity contribution in [2.75, 3.05) is 26.2 Å². The molecule has 2 rings (SSSR count). The zero-order valence-corrected chi connectivity index (χ0v) is 13.2. The second-order valence-corrected chi connectivity index (χ2v) is 6.33. The molecule has 118 valence electrons. The van der Waals surface area contributed by atoms with Crippen molar-refractivity contribution in [1.82, 2.24) is 4.90 Å². The minimum atomic E-state index is -0.536. The third-order valence-electron chi connectivity index (χ3n) is 4.23. The molecule has 1 fully saturated rings. The normalized spacial score (nSPS) is 24.8. The van der Waals surface area contributed by atoms with Gasteiger partial charge in [-0.15, -0.1) is 0 Å². The van der Waals surface area contributed by atoms with Gasteiger partial charge in [-0.25, -0.2) is 0 Å². The van der Waals surface area contributed by atoms with E-state index in [0.29, 0.717) is 19.0 Å². The Kier molecular flexibility index (Phi) is 5.62. The first-order chi connectivity index (χ1) is 9.95. The number of aliphatic hydroxyl groups excluding tert-OH is 2. The Hall–Kier alpha value is -1.10. The van der Waals surface area contributed by atoms with E-state index in [-0.39, 0.29) is 12.7 Å². The molecule has 21 heavy (non-hydrogen) atoms. The van der Waals surface area contributed by atoms with Gasteiger partial charge in [-0.1, -0.05) is 24.6 Å². The van der Waals surface area contributed by atoms with Gasteiger partial charge in [0.05, 0.1) is 6.10 Å². The highest BCUT2D eigenvalue weighted by atomic mass is 16.5. The van der Waals surface area contributed by atoms with Crippen LogP contribution < -0.4 is 4.74 Å². The third kappa shape index (κ3) is 4.70. The number of hydrogen-bond donors (Lipinski definition) is 2. The van der Waals surface area contributed by atoms with E-state index in [1.54, 1.807) is 0 Å². The Balaban J connectivity index is 1.78. The van der Waals surface area contributed by atoms with E-state index in [4.69, 9.17) is 4.74 Å². The summed E-state index contributed by atoms with van der Waals surface area (Å²) in [7, 11) is 0. The molecule has 0 aliphatic carbocycles. The summed E-state index contributed by atoms with van der Waals surface area (Å²) in [4.78, 5) is 2.11. The second-order valence-electron chi connectivity index (χ2n) is 6.33. The number of β-amino-alcohol motifs (C(OH)–C–C–N with tert-alkyl or cyclic N) is 2. The molecule has 1 aromatic carbocycles. The summed E-state index contributed by atoms with van der Waals surface area (Å²) in [5, 5.41) is 20.0. The molecule has 3 unspecified atom stereocenters. The van der Waals surface area contributed by atoms with Crippen molar-refractivity contribution in [3.05, 3.63) is 29.3 Å². The van der Waals surface area contributed by atoms with Crippen molar-refractivity contribution < 1.29 is 14.9 Å². The average Bonchev–Trinajstić information content (AvgIpc) is 2.42. The predicted molar refractivity (Wildman–Crippen MR) is 83.6 cm³/mol. The first kappa shape index (κ1) is 16.3. The van der Waals surface area contributed by atoms with E-state index in [1.165, 1.54) is 5.56 Å². The maximum absolute atomic E-state index is 10.1. The smallest absolute Gasteiger partial charge is 0.122 e. The molecule has 2 N–H and O–H groups in total. The van der Waals surface area contributed by atoms with Crippen molar-refractivity contribution in [3.63, 3.8) is 0 Å². The van der Waals surface area contributed by atoms with E-state index in [9.17, 15) is 10.2 Å². The molecular weight excluding hydrogens is 266 g/mol. The average molecular weight is 293 g/mol. The molecule has 1 saturated heterocycles. The number of nitrogens with zero attached hydrogens (tertiary/aromatic N) is 1. The van der Waals surface area contributed by atoms with Crippen LogP contribution in [-0.2, 0) is 0 Å². The molecule has 1 aliphatic heterocycles. The van der Waals surface area contributed by atoms with Crippen LogP contribution >= 0.6 is 0 Å². The molecule has 0 amide bonds. The summed E-state index contributed by atoms with van der Waals surface area (Å²) >= 11 is 0. The summed E-state index contributed by atoms with van der Waals surface area (Å²) in [5.41, 5.74) is 2.29. The van der Waals surface area contributed by atoms with Crippen LogP contribution in [0.15, 0.2) is 18.2 Å². The molecule has 0 radical (unpaired) electrons. The predicted octanol–water partition coefficient (Wildman–Crippen LogP) is 1.75.